The van der Waals surface area contributed by atoms with Crippen molar-refractivity contribution in [2.24, 2.45) is 0 Å². The average molecular weight is 375 g/mol. The Labute approximate surface area is 162 Å². The molecule has 0 amide bonds. The summed E-state index contributed by atoms with van der Waals surface area (Å²) in [5.41, 5.74) is 2.69. The smallest absolute Gasteiger partial charge is 0.341 e. The summed E-state index contributed by atoms with van der Waals surface area (Å²) in [6, 6.07) is 11.5. The molecule has 0 aliphatic carbocycles. The third-order valence-corrected chi connectivity index (χ3v) is 4.35. The summed E-state index contributed by atoms with van der Waals surface area (Å²) in [6.07, 6.45) is 3.34. The first-order valence-electron chi connectivity index (χ1n) is 9.00. The Morgan fingerprint density at radius 1 is 1.14 bits per heavy atom. The van der Waals surface area contributed by atoms with E-state index in [4.69, 9.17) is 9.47 Å². The van der Waals surface area contributed by atoms with Gasteiger partial charge < -0.3 is 14.5 Å². The van der Waals surface area contributed by atoms with Crippen LogP contribution in [0.25, 0.3) is 33.1 Å². The number of carbonyl (C=O) groups excluding carboxylic acids is 1. The first-order valence-corrected chi connectivity index (χ1v) is 9.00. The second kappa shape index (κ2) is 6.64. The summed E-state index contributed by atoms with van der Waals surface area (Å²) in [5, 5.41) is 1.69. The summed E-state index contributed by atoms with van der Waals surface area (Å²) in [7, 11) is 1.57. The fourth-order valence-corrected chi connectivity index (χ4v) is 3.22. The van der Waals surface area contributed by atoms with Crippen LogP contribution in [0.5, 0.6) is 5.88 Å². The molecular formula is C22H21N3O3. The number of fused-ring (bicyclic) bond motifs is 2. The number of methoxy groups -OCH3 is 1. The van der Waals surface area contributed by atoms with Crippen molar-refractivity contribution in [2.45, 2.75) is 26.4 Å². The Morgan fingerprint density at radius 3 is 2.68 bits per heavy atom. The molecule has 1 N–H and O–H groups in total. The summed E-state index contributed by atoms with van der Waals surface area (Å²) in [6.45, 7) is 5.54. The molecule has 3 heterocycles. The van der Waals surface area contributed by atoms with Crippen molar-refractivity contribution >= 4 is 27.8 Å². The quantitative estimate of drug-likeness (QED) is 0.523. The predicted octanol–water partition coefficient (Wildman–Crippen LogP) is 4.74. The van der Waals surface area contributed by atoms with E-state index in [1.165, 1.54) is 0 Å². The van der Waals surface area contributed by atoms with E-state index < -0.39 is 11.6 Å². The van der Waals surface area contributed by atoms with Crippen molar-refractivity contribution in [3.63, 3.8) is 0 Å². The maximum absolute atomic E-state index is 13.1. The number of aromatic amines is 1. The molecule has 0 fully saturated rings. The van der Waals surface area contributed by atoms with E-state index in [1.54, 1.807) is 25.6 Å². The third kappa shape index (κ3) is 3.17. The molecule has 0 spiro atoms. The van der Waals surface area contributed by atoms with Crippen molar-refractivity contribution in [3.8, 4) is 17.1 Å². The lowest BCUT2D eigenvalue weighted by molar-refractivity contribution is 0.00728. The molecule has 3 aromatic heterocycles. The van der Waals surface area contributed by atoms with Gasteiger partial charge in [0.25, 0.3) is 0 Å². The third-order valence-electron chi connectivity index (χ3n) is 4.35. The van der Waals surface area contributed by atoms with E-state index in [0.29, 0.717) is 22.7 Å². The highest BCUT2D eigenvalue weighted by Crippen LogP contribution is 2.37. The minimum absolute atomic E-state index is 0.407. The SMILES string of the molecule is COc1nc2ccccc2cc1-c1[nH]c2cnccc2c1C(=O)OC(C)(C)C. The first-order chi connectivity index (χ1) is 13.4. The van der Waals surface area contributed by atoms with E-state index in [1.807, 2.05) is 51.1 Å². The largest absolute Gasteiger partial charge is 0.480 e. The van der Waals surface area contributed by atoms with E-state index in [-0.39, 0.29) is 0 Å². The van der Waals surface area contributed by atoms with Crippen LogP contribution in [0.2, 0.25) is 0 Å². The van der Waals surface area contributed by atoms with Gasteiger partial charge in [0.2, 0.25) is 5.88 Å². The number of nitrogens with zero attached hydrogens (tertiary/aromatic N) is 2. The van der Waals surface area contributed by atoms with Crippen LogP contribution >= 0.6 is 0 Å². The number of H-pyrrole nitrogens is 1. The zero-order valence-electron chi connectivity index (χ0n) is 16.2. The van der Waals surface area contributed by atoms with Gasteiger partial charge in [-0.1, -0.05) is 18.2 Å². The minimum atomic E-state index is -0.614. The molecule has 4 aromatic rings. The normalized spacial score (nSPS) is 11.7. The standard InChI is InChI=1S/C22H21N3O3/c1-22(2,3)28-21(26)18-14-9-10-23-12-17(14)24-19(18)15-11-13-7-5-6-8-16(13)25-20(15)27-4/h5-12,24H,1-4H3. The summed E-state index contributed by atoms with van der Waals surface area (Å²) in [4.78, 5) is 25.1. The maximum Gasteiger partial charge on any atom is 0.341 e. The highest BCUT2D eigenvalue weighted by atomic mass is 16.6. The Morgan fingerprint density at radius 2 is 1.93 bits per heavy atom. The van der Waals surface area contributed by atoms with E-state index in [0.717, 1.165) is 21.8 Å². The topological polar surface area (TPSA) is 77.1 Å². The van der Waals surface area contributed by atoms with E-state index in [2.05, 4.69) is 15.0 Å². The van der Waals surface area contributed by atoms with Gasteiger partial charge >= 0.3 is 5.97 Å². The number of rotatable bonds is 3. The molecule has 4 rings (SSSR count). The molecule has 1 aromatic carbocycles. The average Bonchev–Trinajstić information content (AvgIpc) is 3.05. The van der Waals surface area contributed by atoms with Gasteiger partial charge in [0, 0.05) is 17.0 Å². The van der Waals surface area contributed by atoms with Gasteiger partial charge in [0.1, 0.15) is 5.60 Å². The van der Waals surface area contributed by atoms with Gasteiger partial charge in [0.05, 0.1) is 41.2 Å². The molecule has 0 saturated carbocycles. The number of hydrogen-bond acceptors (Lipinski definition) is 5. The van der Waals surface area contributed by atoms with Crippen LogP contribution < -0.4 is 4.74 Å². The fourth-order valence-electron chi connectivity index (χ4n) is 3.22. The second-order valence-electron chi connectivity index (χ2n) is 7.54. The highest BCUT2D eigenvalue weighted by Gasteiger charge is 2.27. The molecule has 0 aliphatic heterocycles. The summed E-state index contributed by atoms with van der Waals surface area (Å²) in [5.74, 6) is 0.0261. The van der Waals surface area contributed by atoms with Crippen LogP contribution in [-0.4, -0.2) is 33.6 Å². The molecule has 0 saturated heterocycles. The number of pyridine rings is 2. The van der Waals surface area contributed by atoms with Crippen molar-refractivity contribution < 1.29 is 14.3 Å². The molecule has 0 atom stereocenters. The number of carbonyl (C=O) groups is 1. The molecular weight excluding hydrogens is 354 g/mol. The summed E-state index contributed by atoms with van der Waals surface area (Å²) < 4.78 is 11.2. The van der Waals surface area contributed by atoms with Gasteiger partial charge in [-0.2, -0.15) is 0 Å². The molecule has 6 heteroatoms. The number of hydrogen-bond donors (Lipinski definition) is 1. The zero-order chi connectivity index (χ0) is 19.9. The van der Waals surface area contributed by atoms with Crippen molar-refractivity contribution in [1.29, 1.82) is 0 Å². The molecule has 6 nitrogen and oxygen atoms in total. The lowest BCUT2D eigenvalue weighted by Gasteiger charge is -2.20. The maximum atomic E-state index is 13.1. The molecule has 0 bridgehead atoms. The number of benzene rings is 1. The number of para-hydroxylation sites is 1. The van der Waals surface area contributed by atoms with Gasteiger partial charge in [-0.25, -0.2) is 9.78 Å². The van der Waals surface area contributed by atoms with Gasteiger partial charge in [-0.3, -0.25) is 4.98 Å². The Hall–Kier alpha value is -3.41. The molecule has 28 heavy (non-hydrogen) atoms. The van der Waals surface area contributed by atoms with E-state index in [9.17, 15) is 4.79 Å². The first kappa shape index (κ1) is 18.0. The second-order valence-corrected chi connectivity index (χ2v) is 7.54. The van der Waals surface area contributed by atoms with Crippen LogP contribution in [0.1, 0.15) is 31.1 Å². The number of nitrogens with one attached hydrogen (secondary N) is 1. The van der Waals surface area contributed by atoms with Crippen LogP contribution in [-0.2, 0) is 4.74 Å². The van der Waals surface area contributed by atoms with Crippen LogP contribution in [0.15, 0.2) is 48.8 Å². The predicted molar refractivity (Wildman–Crippen MR) is 109 cm³/mol. The van der Waals surface area contributed by atoms with E-state index >= 15 is 0 Å². The van der Waals surface area contributed by atoms with Gasteiger partial charge in [-0.15, -0.1) is 0 Å². The van der Waals surface area contributed by atoms with Crippen LogP contribution in [0.3, 0.4) is 0 Å². The van der Waals surface area contributed by atoms with Crippen LogP contribution in [0.4, 0.5) is 0 Å². The molecule has 0 unspecified atom stereocenters. The number of aromatic nitrogens is 3. The Balaban J connectivity index is 2.00. The van der Waals surface area contributed by atoms with Gasteiger partial charge in [0.15, 0.2) is 0 Å². The Kier molecular flexibility index (Phi) is 4.26. The highest BCUT2D eigenvalue weighted by molar-refractivity contribution is 6.10. The van der Waals surface area contributed by atoms with Crippen molar-refractivity contribution in [1.82, 2.24) is 15.0 Å². The molecule has 142 valence electrons. The summed E-state index contributed by atoms with van der Waals surface area (Å²) >= 11 is 0. The van der Waals surface area contributed by atoms with Crippen molar-refractivity contribution in [3.05, 3.63) is 54.4 Å². The van der Waals surface area contributed by atoms with Crippen molar-refractivity contribution in [2.75, 3.05) is 7.11 Å². The monoisotopic (exact) mass is 375 g/mol. The number of esters is 1. The molecule has 0 radical (unpaired) electrons. The lowest BCUT2D eigenvalue weighted by Crippen LogP contribution is -2.24. The van der Waals surface area contributed by atoms with Gasteiger partial charge in [-0.05, 0) is 39.0 Å². The Bertz CT molecular complexity index is 1190. The van der Waals surface area contributed by atoms with Crippen LogP contribution in [0, 0.1) is 0 Å². The molecule has 0 aliphatic rings. The number of ether oxygens (including phenoxy) is 2. The zero-order valence-corrected chi connectivity index (χ0v) is 16.2. The lowest BCUT2D eigenvalue weighted by atomic mass is 10.0. The fraction of sp³-hybridized carbons (Fsp3) is 0.227. The minimum Gasteiger partial charge on any atom is -0.480 e.